The van der Waals surface area contributed by atoms with Crippen LogP contribution in [-0.2, 0) is 33.4 Å². The Kier molecular flexibility index (Phi) is 12.5. The molecule has 0 aliphatic carbocycles. The second kappa shape index (κ2) is 16.4. The van der Waals surface area contributed by atoms with Crippen LogP contribution in [0.1, 0.15) is 51.3 Å². The van der Waals surface area contributed by atoms with Crippen molar-refractivity contribution in [3.8, 4) is 17.2 Å². The molecule has 3 aromatic rings. The summed E-state index contributed by atoms with van der Waals surface area (Å²) in [5.41, 5.74) is 0.682. The number of methoxy groups -OCH3 is 2. The Morgan fingerprint density at radius 2 is 1.71 bits per heavy atom. The van der Waals surface area contributed by atoms with Gasteiger partial charge in [-0.1, -0.05) is 43.6 Å². The van der Waals surface area contributed by atoms with Crippen LogP contribution < -0.4 is 24.4 Å². The van der Waals surface area contributed by atoms with Crippen molar-refractivity contribution in [2.75, 3.05) is 44.2 Å². The molecule has 12 nitrogen and oxygen atoms in total. The maximum atomic E-state index is 14.5. The number of amides is 2. The highest BCUT2D eigenvalue weighted by atomic mass is 35.5. The number of rotatable bonds is 14. The molecule has 3 aromatic carbocycles. The Bertz CT molecular complexity index is 1770. The molecule has 15 heteroatoms. The van der Waals surface area contributed by atoms with Gasteiger partial charge in [0.1, 0.15) is 18.0 Å². The summed E-state index contributed by atoms with van der Waals surface area (Å²) in [6, 6.07) is 15.1. The predicted octanol–water partition coefficient (Wildman–Crippen LogP) is 6.33. The van der Waals surface area contributed by atoms with E-state index in [1.807, 2.05) is 13.8 Å². The predicted molar refractivity (Wildman–Crippen MR) is 182 cm³/mol. The van der Waals surface area contributed by atoms with Crippen LogP contribution in [-0.4, -0.2) is 69.9 Å². The van der Waals surface area contributed by atoms with Gasteiger partial charge in [-0.05, 0) is 43.3 Å². The summed E-state index contributed by atoms with van der Waals surface area (Å²) in [4.78, 5) is 52.7. The monoisotopic (exact) mass is 732 g/mol. The fourth-order valence-corrected chi connectivity index (χ4v) is 5.60. The molecule has 0 unspecified atom stereocenters. The number of fused-ring (bicyclic) bond motifs is 1. The maximum absolute atomic E-state index is 14.5. The minimum absolute atomic E-state index is 0.0121. The van der Waals surface area contributed by atoms with Gasteiger partial charge in [0.15, 0.2) is 11.5 Å². The third-order valence-corrected chi connectivity index (χ3v) is 7.86. The average molecular weight is 733 g/mol. The molecule has 0 fully saturated rings. The molecule has 274 valence electrons. The van der Waals surface area contributed by atoms with E-state index >= 15 is 0 Å². The highest BCUT2D eigenvalue weighted by molar-refractivity contribution is 6.30. The lowest BCUT2D eigenvalue weighted by molar-refractivity contribution is -0.216. The molecule has 0 bridgehead atoms. The van der Waals surface area contributed by atoms with Crippen molar-refractivity contribution in [2.24, 2.45) is 5.41 Å². The number of benzene rings is 3. The summed E-state index contributed by atoms with van der Waals surface area (Å²) >= 11 is 6.49. The van der Waals surface area contributed by atoms with Gasteiger partial charge in [-0.3, -0.25) is 14.4 Å². The SMILES string of the molecule is CCOC(=O)C(F)(F)Oc1cccc(NC(=O)C[C@H]2O[C@H](c3cccc(OC)c3OC)c3cc(Cl)ccc3N(CC(C)(C)COC(C)=O)C2=O)c1. The van der Waals surface area contributed by atoms with E-state index in [1.165, 1.54) is 51.2 Å². The summed E-state index contributed by atoms with van der Waals surface area (Å²) in [6.45, 7) is 6.05. The number of anilines is 2. The Hall–Kier alpha value is -4.95. The van der Waals surface area contributed by atoms with Crippen LogP contribution in [0.2, 0.25) is 5.02 Å². The number of hydrogen-bond donors (Lipinski definition) is 1. The van der Waals surface area contributed by atoms with Crippen LogP contribution in [0.25, 0.3) is 0 Å². The Labute approximate surface area is 298 Å². The quantitative estimate of drug-likeness (QED) is 0.187. The van der Waals surface area contributed by atoms with Crippen LogP contribution in [0.5, 0.6) is 17.2 Å². The topological polar surface area (TPSA) is 139 Å². The normalized spacial score (nSPS) is 16.0. The fraction of sp³-hybridized carbons (Fsp3) is 0.389. The van der Waals surface area contributed by atoms with Crippen molar-refractivity contribution in [1.82, 2.24) is 0 Å². The zero-order valence-electron chi connectivity index (χ0n) is 28.9. The number of carbonyl (C=O) groups excluding carboxylic acids is 4. The number of halogens is 3. The zero-order chi connectivity index (χ0) is 37.5. The lowest BCUT2D eigenvalue weighted by Gasteiger charge is -2.33. The molecule has 0 radical (unpaired) electrons. The van der Waals surface area contributed by atoms with Gasteiger partial charge < -0.3 is 38.6 Å². The standard InChI is InChI=1S/C36H39ClF2N2O10/c1-7-48-34(45)36(38,39)51-24-11-8-10-23(17-24)40-30(43)18-29-33(44)41(19-35(3,4)20-49-21(2)42)27-15-14-22(37)16-26(27)31(50-29)25-12-9-13-28(46-5)32(25)47-6/h8-17,29,31H,7,18-20H2,1-6H3,(H,40,43)/t29-,31-/m1/s1. The van der Waals surface area contributed by atoms with E-state index in [-0.39, 0.29) is 25.4 Å². The molecule has 0 aromatic heterocycles. The first-order chi connectivity index (χ1) is 24.1. The molecule has 0 saturated carbocycles. The molecular formula is C36H39ClF2N2O10. The maximum Gasteiger partial charge on any atom is 0.502 e. The van der Waals surface area contributed by atoms with E-state index in [4.69, 9.17) is 30.5 Å². The Balaban J connectivity index is 1.72. The second-order valence-corrected chi connectivity index (χ2v) is 12.7. The van der Waals surface area contributed by atoms with E-state index in [2.05, 4.69) is 14.8 Å². The summed E-state index contributed by atoms with van der Waals surface area (Å²) in [6.07, 6.45) is -7.21. The molecule has 0 saturated heterocycles. The summed E-state index contributed by atoms with van der Waals surface area (Å²) in [5.74, 6) is -3.35. The van der Waals surface area contributed by atoms with Gasteiger partial charge >= 0.3 is 18.0 Å². The van der Waals surface area contributed by atoms with E-state index in [0.29, 0.717) is 33.3 Å². The molecule has 51 heavy (non-hydrogen) atoms. The number of para-hydroxylation sites is 1. The largest absolute Gasteiger partial charge is 0.502 e. The Morgan fingerprint density at radius 1 is 0.980 bits per heavy atom. The van der Waals surface area contributed by atoms with E-state index in [9.17, 15) is 28.0 Å². The number of esters is 2. The van der Waals surface area contributed by atoms with E-state index in [0.717, 1.165) is 6.07 Å². The smallest absolute Gasteiger partial charge is 0.493 e. The minimum Gasteiger partial charge on any atom is -0.493 e. The highest BCUT2D eigenvalue weighted by Gasteiger charge is 2.44. The van der Waals surface area contributed by atoms with Gasteiger partial charge in [0.25, 0.3) is 5.91 Å². The van der Waals surface area contributed by atoms with E-state index in [1.54, 1.807) is 36.4 Å². The molecule has 1 N–H and O–H groups in total. The van der Waals surface area contributed by atoms with Crippen molar-refractivity contribution in [3.05, 3.63) is 76.8 Å². The van der Waals surface area contributed by atoms with Gasteiger partial charge in [0, 0.05) is 52.5 Å². The number of ether oxygens (including phenoxy) is 6. The highest BCUT2D eigenvalue weighted by Crippen LogP contribution is 2.45. The van der Waals surface area contributed by atoms with Gasteiger partial charge in [0.2, 0.25) is 5.91 Å². The number of nitrogens with one attached hydrogen (secondary N) is 1. The molecule has 1 aliphatic rings. The van der Waals surface area contributed by atoms with Crippen molar-refractivity contribution in [2.45, 2.75) is 52.4 Å². The van der Waals surface area contributed by atoms with Crippen LogP contribution in [0.4, 0.5) is 20.2 Å². The average Bonchev–Trinajstić information content (AvgIpc) is 3.17. The number of hydrogen-bond acceptors (Lipinski definition) is 10. The third kappa shape index (κ3) is 9.64. The van der Waals surface area contributed by atoms with Crippen LogP contribution in [0, 0.1) is 5.41 Å². The van der Waals surface area contributed by atoms with Crippen molar-refractivity contribution in [1.29, 1.82) is 0 Å². The number of carbonyl (C=O) groups is 4. The number of nitrogens with zero attached hydrogens (tertiary/aromatic N) is 1. The second-order valence-electron chi connectivity index (χ2n) is 12.3. The molecule has 1 heterocycles. The fourth-order valence-electron chi connectivity index (χ4n) is 5.42. The third-order valence-electron chi connectivity index (χ3n) is 7.62. The molecule has 0 spiro atoms. The first kappa shape index (κ1) is 38.8. The Morgan fingerprint density at radius 3 is 2.37 bits per heavy atom. The molecule has 4 rings (SSSR count). The molecule has 2 amide bonds. The molecule has 2 atom stereocenters. The van der Waals surface area contributed by atoms with E-state index < -0.39 is 59.7 Å². The van der Waals surface area contributed by atoms with Crippen molar-refractivity contribution in [3.63, 3.8) is 0 Å². The summed E-state index contributed by atoms with van der Waals surface area (Å²) in [5, 5.41) is 2.93. The van der Waals surface area contributed by atoms with Gasteiger partial charge in [-0.2, -0.15) is 8.78 Å². The zero-order valence-corrected chi connectivity index (χ0v) is 29.7. The van der Waals surface area contributed by atoms with Crippen LogP contribution in [0.15, 0.2) is 60.7 Å². The van der Waals surface area contributed by atoms with Crippen LogP contribution in [0.3, 0.4) is 0 Å². The first-order valence-corrected chi connectivity index (χ1v) is 16.2. The van der Waals surface area contributed by atoms with Gasteiger partial charge in [-0.25, -0.2) is 4.79 Å². The van der Waals surface area contributed by atoms with Gasteiger partial charge in [-0.15, -0.1) is 0 Å². The van der Waals surface area contributed by atoms with Gasteiger partial charge in [0.05, 0.1) is 33.9 Å². The van der Waals surface area contributed by atoms with Crippen molar-refractivity contribution >= 4 is 46.7 Å². The molecular weight excluding hydrogens is 694 g/mol. The first-order valence-electron chi connectivity index (χ1n) is 15.8. The summed E-state index contributed by atoms with van der Waals surface area (Å²) in [7, 11) is 2.93. The summed E-state index contributed by atoms with van der Waals surface area (Å²) < 4.78 is 60.4. The minimum atomic E-state index is -4.28. The lowest BCUT2D eigenvalue weighted by Crippen LogP contribution is -2.46. The number of alkyl halides is 2. The molecule has 1 aliphatic heterocycles. The lowest BCUT2D eigenvalue weighted by atomic mass is 9.92. The van der Waals surface area contributed by atoms with Crippen molar-refractivity contribution < 1.29 is 56.4 Å². The van der Waals surface area contributed by atoms with Crippen LogP contribution >= 0.6 is 11.6 Å².